The Bertz CT molecular complexity index is 403. The third kappa shape index (κ3) is 1.44. The minimum absolute atomic E-state index is 0.212. The number of carboxylic acids is 1. The van der Waals surface area contributed by atoms with Crippen molar-refractivity contribution in [3.63, 3.8) is 0 Å². The molecule has 0 bridgehead atoms. The molecule has 4 nitrogen and oxygen atoms in total. The molecular weight excluding hydrogens is 192 g/mol. The first-order valence-electron chi connectivity index (χ1n) is 5.58. The fourth-order valence-electron chi connectivity index (χ4n) is 2.12. The Morgan fingerprint density at radius 2 is 2.13 bits per heavy atom. The summed E-state index contributed by atoms with van der Waals surface area (Å²) in [7, 11) is 0. The van der Waals surface area contributed by atoms with Crippen molar-refractivity contribution in [2.24, 2.45) is 0 Å². The summed E-state index contributed by atoms with van der Waals surface area (Å²) in [5.41, 5.74) is 0.212. The van der Waals surface area contributed by atoms with Crippen molar-refractivity contribution in [3.8, 4) is 0 Å². The average molecular weight is 206 g/mol. The van der Waals surface area contributed by atoms with Crippen LogP contribution >= 0.6 is 0 Å². The largest absolute Gasteiger partial charge is 0.476 e. The molecule has 80 valence electrons. The molecule has 1 N–H and O–H groups in total. The summed E-state index contributed by atoms with van der Waals surface area (Å²) >= 11 is 0. The fourth-order valence-corrected chi connectivity index (χ4v) is 2.12. The van der Waals surface area contributed by atoms with Crippen LogP contribution in [-0.4, -0.2) is 20.6 Å². The van der Waals surface area contributed by atoms with E-state index in [1.807, 2.05) is 0 Å². The van der Waals surface area contributed by atoms with Crippen LogP contribution in [0, 0.1) is 0 Å². The molecule has 2 fully saturated rings. The van der Waals surface area contributed by atoms with Crippen molar-refractivity contribution in [2.75, 3.05) is 0 Å². The van der Waals surface area contributed by atoms with Crippen molar-refractivity contribution in [1.82, 2.24) is 9.55 Å². The van der Waals surface area contributed by atoms with Crippen LogP contribution in [0.5, 0.6) is 0 Å². The monoisotopic (exact) mass is 206 g/mol. The number of carbonyl (C=O) groups is 1. The van der Waals surface area contributed by atoms with Crippen LogP contribution in [0.2, 0.25) is 0 Å². The molecule has 2 saturated carbocycles. The molecule has 0 radical (unpaired) electrons. The van der Waals surface area contributed by atoms with Crippen LogP contribution in [0.3, 0.4) is 0 Å². The molecule has 1 aromatic heterocycles. The first-order valence-corrected chi connectivity index (χ1v) is 5.58. The lowest BCUT2D eigenvalue weighted by molar-refractivity contribution is 0.0690. The molecule has 3 rings (SSSR count). The highest BCUT2D eigenvalue weighted by atomic mass is 16.4. The second-order valence-corrected chi connectivity index (χ2v) is 4.56. The predicted molar refractivity (Wildman–Crippen MR) is 54.0 cm³/mol. The van der Waals surface area contributed by atoms with Gasteiger partial charge < -0.3 is 9.67 Å². The normalized spacial score (nSPS) is 21.3. The van der Waals surface area contributed by atoms with Gasteiger partial charge in [0.25, 0.3) is 0 Å². The number of carboxylic acid groups (broad SMARTS) is 1. The molecule has 1 aromatic rings. The second-order valence-electron chi connectivity index (χ2n) is 4.56. The number of hydrogen-bond acceptors (Lipinski definition) is 2. The van der Waals surface area contributed by atoms with Crippen LogP contribution in [-0.2, 0) is 0 Å². The van der Waals surface area contributed by atoms with Gasteiger partial charge in [0, 0.05) is 18.2 Å². The van der Waals surface area contributed by atoms with Crippen molar-refractivity contribution in [1.29, 1.82) is 0 Å². The first-order chi connectivity index (χ1) is 7.25. The van der Waals surface area contributed by atoms with Crippen LogP contribution in [0.1, 0.15) is 60.4 Å². The van der Waals surface area contributed by atoms with Gasteiger partial charge in [0.05, 0.1) is 0 Å². The van der Waals surface area contributed by atoms with Crippen LogP contribution in [0.15, 0.2) is 6.20 Å². The van der Waals surface area contributed by atoms with Crippen molar-refractivity contribution < 1.29 is 9.90 Å². The second kappa shape index (κ2) is 3.08. The zero-order valence-electron chi connectivity index (χ0n) is 8.52. The zero-order chi connectivity index (χ0) is 10.4. The number of nitrogens with zero attached hydrogens (tertiary/aromatic N) is 2. The van der Waals surface area contributed by atoms with E-state index in [0.717, 1.165) is 5.82 Å². The Kier molecular flexibility index (Phi) is 1.84. The molecule has 0 aliphatic heterocycles. The van der Waals surface area contributed by atoms with Crippen molar-refractivity contribution in [2.45, 2.75) is 44.1 Å². The third-order valence-corrected chi connectivity index (χ3v) is 3.39. The maximum Gasteiger partial charge on any atom is 0.356 e. The standard InChI is InChI=1S/C11H14N2O2/c14-11(15)9-6-13(8-4-5-8)10(12-9)7-2-1-3-7/h6-8H,1-5H2,(H,14,15). The molecule has 0 aromatic carbocycles. The molecule has 0 atom stereocenters. The van der Waals surface area contributed by atoms with Crippen molar-refractivity contribution >= 4 is 5.97 Å². The topological polar surface area (TPSA) is 55.1 Å². The van der Waals surface area contributed by atoms with Gasteiger partial charge in [-0.05, 0) is 25.7 Å². The number of aromatic nitrogens is 2. The van der Waals surface area contributed by atoms with E-state index in [1.165, 1.54) is 32.1 Å². The van der Waals surface area contributed by atoms with E-state index in [-0.39, 0.29) is 5.69 Å². The predicted octanol–water partition coefficient (Wildman–Crippen LogP) is 2.18. The highest BCUT2D eigenvalue weighted by Gasteiger charge is 2.32. The van der Waals surface area contributed by atoms with Gasteiger partial charge in [0.15, 0.2) is 5.69 Å². The quantitative estimate of drug-likeness (QED) is 0.824. The molecule has 15 heavy (non-hydrogen) atoms. The summed E-state index contributed by atoms with van der Waals surface area (Å²) in [5.74, 6) is 0.620. The van der Waals surface area contributed by atoms with E-state index in [9.17, 15) is 4.79 Å². The van der Waals surface area contributed by atoms with Gasteiger partial charge >= 0.3 is 5.97 Å². The SMILES string of the molecule is O=C(O)c1cn(C2CC2)c(C2CCC2)n1. The summed E-state index contributed by atoms with van der Waals surface area (Å²) < 4.78 is 2.10. The molecule has 4 heteroatoms. The number of imidazole rings is 1. The average Bonchev–Trinajstić information content (AvgIpc) is 2.85. The molecule has 0 saturated heterocycles. The summed E-state index contributed by atoms with van der Waals surface area (Å²) in [6.07, 6.45) is 7.66. The number of hydrogen-bond donors (Lipinski definition) is 1. The van der Waals surface area contributed by atoms with Crippen LogP contribution in [0.4, 0.5) is 0 Å². The van der Waals surface area contributed by atoms with Gasteiger partial charge in [0.2, 0.25) is 0 Å². The van der Waals surface area contributed by atoms with E-state index in [2.05, 4.69) is 9.55 Å². The molecule has 0 amide bonds. The maximum absolute atomic E-state index is 10.9. The maximum atomic E-state index is 10.9. The highest BCUT2D eigenvalue weighted by Crippen LogP contribution is 2.42. The van der Waals surface area contributed by atoms with Crippen LogP contribution in [0.25, 0.3) is 0 Å². The minimum atomic E-state index is -0.907. The van der Waals surface area contributed by atoms with Gasteiger partial charge in [-0.15, -0.1) is 0 Å². The Balaban J connectivity index is 1.97. The number of rotatable bonds is 3. The summed E-state index contributed by atoms with van der Waals surface area (Å²) in [6.45, 7) is 0. The van der Waals surface area contributed by atoms with Crippen LogP contribution < -0.4 is 0 Å². The minimum Gasteiger partial charge on any atom is -0.476 e. The molecule has 0 spiro atoms. The summed E-state index contributed by atoms with van der Waals surface area (Å²) in [4.78, 5) is 15.1. The van der Waals surface area contributed by atoms with Crippen molar-refractivity contribution in [3.05, 3.63) is 17.7 Å². The van der Waals surface area contributed by atoms with E-state index in [0.29, 0.717) is 12.0 Å². The molecule has 0 unspecified atom stereocenters. The van der Waals surface area contributed by atoms with Gasteiger partial charge in [-0.2, -0.15) is 0 Å². The lowest BCUT2D eigenvalue weighted by Crippen LogP contribution is -2.14. The summed E-state index contributed by atoms with van der Waals surface area (Å²) in [6, 6.07) is 0.529. The van der Waals surface area contributed by atoms with E-state index in [1.54, 1.807) is 6.20 Å². The van der Waals surface area contributed by atoms with E-state index < -0.39 is 5.97 Å². The van der Waals surface area contributed by atoms with Gasteiger partial charge in [-0.1, -0.05) is 6.42 Å². The fraction of sp³-hybridized carbons (Fsp3) is 0.636. The Labute approximate surface area is 87.9 Å². The molecule has 1 heterocycles. The van der Waals surface area contributed by atoms with Gasteiger partial charge in [-0.25, -0.2) is 9.78 Å². The van der Waals surface area contributed by atoms with E-state index >= 15 is 0 Å². The lowest BCUT2D eigenvalue weighted by Gasteiger charge is -2.25. The Hall–Kier alpha value is -1.32. The third-order valence-electron chi connectivity index (χ3n) is 3.39. The van der Waals surface area contributed by atoms with E-state index in [4.69, 9.17) is 5.11 Å². The first kappa shape index (κ1) is 8.95. The smallest absolute Gasteiger partial charge is 0.356 e. The number of aromatic carboxylic acids is 1. The lowest BCUT2D eigenvalue weighted by atomic mass is 9.85. The molecule has 2 aliphatic rings. The molecular formula is C11H14N2O2. The highest BCUT2D eigenvalue weighted by molar-refractivity contribution is 5.85. The Morgan fingerprint density at radius 3 is 2.60 bits per heavy atom. The van der Waals surface area contributed by atoms with Gasteiger partial charge in [-0.3, -0.25) is 0 Å². The Morgan fingerprint density at radius 1 is 1.40 bits per heavy atom. The summed E-state index contributed by atoms with van der Waals surface area (Å²) in [5, 5.41) is 8.92. The molecule has 2 aliphatic carbocycles. The van der Waals surface area contributed by atoms with Gasteiger partial charge in [0.1, 0.15) is 5.82 Å². The zero-order valence-corrected chi connectivity index (χ0v) is 8.52.